The monoisotopic (exact) mass is 744 g/mol. The number of aromatic nitrogens is 6. The molecular weight excluding hydrogens is 707 g/mol. The third-order valence-corrected chi connectivity index (χ3v) is 11.7. The van der Waals surface area contributed by atoms with Crippen LogP contribution in [0.25, 0.3) is 0 Å². The number of likely N-dealkylation sites (tertiary alicyclic amines) is 2. The first kappa shape index (κ1) is 36.2. The summed E-state index contributed by atoms with van der Waals surface area (Å²) in [5.41, 5.74) is 10.1. The van der Waals surface area contributed by atoms with Crippen molar-refractivity contribution in [3.8, 4) is 0 Å². The van der Waals surface area contributed by atoms with Gasteiger partial charge in [0.1, 0.15) is 11.6 Å². The third kappa shape index (κ3) is 8.00. The van der Waals surface area contributed by atoms with Crippen LogP contribution in [0.3, 0.4) is 0 Å². The molecule has 4 aromatic heterocycles. The lowest BCUT2D eigenvalue weighted by Crippen LogP contribution is -2.57. The molecule has 6 rings (SSSR count). The van der Waals surface area contributed by atoms with Crippen LogP contribution in [0, 0.1) is 13.8 Å². The van der Waals surface area contributed by atoms with Crippen molar-refractivity contribution in [2.24, 2.45) is 0 Å². The fraction of sp³-hybridized carbons (Fsp3) is 0.581. The molecular formula is C31H38F6N10OS2. The zero-order valence-electron chi connectivity index (χ0n) is 27.4. The van der Waals surface area contributed by atoms with Gasteiger partial charge in [0.15, 0.2) is 17.2 Å². The highest BCUT2D eigenvalue weighted by atomic mass is 32.1. The van der Waals surface area contributed by atoms with Crippen molar-refractivity contribution in [1.82, 2.24) is 39.3 Å². The number of anilines is 2. The van der Waals surface area contributed by atoms with Crippen LogP contribution in [0.4, 0.5) is 38.0 Å². The van der Waals surface area contributed by atoms with Gasteiger partial charge in [-0.1, -0.05) is 0 Å². The summed E-state index contributed by atoms with van der Waals surface area (Å²) in [6, 6.07) is 0.0490. The van der Waals surface area contributed by atoms with Crippen molar-refractivity contribution >= 4 is 40.1 Å². The minimum absolute atomic E-state index is 0.106. The number of Topliss-reactive ketones (excluding diaryl/α,β-unsaturated/α-hetero) is 1. The van der Waals surface area contributed by atoms with Crippen LogP contribution in [-0.2, 0) is 30.2 Å². The van der Waals surface area contributed by atoms with E-state index in [-0.39, 0.29) is 42.1 Å². The highest BCUT2D eigenvalue weighted by Gasteiger charge is 2.41. The van der Waals surface area contributed by atoms with E-state index in [0.29, 0.717) is 63.5 Å². The summed E-state index contributed by atoms with van der Waals surface area (Å²) >= 11 is 2.92. The second kappa shape index (κ2) is 14.2. The lowest BCUT2D eigenvalue weighted by molar-refractivity contribution is -0.142. The van der Waals surface area contributed by atoms with Crippen LogP contribution in [0.5, 0.6) is 0 Å². The van der Waals surface area contributed by atoms with E-state index in [1.54, 1.807) is 10.8 Å². The van der Waals surface area contributed by atoms with Crippen LogP contribution >= 0.6 is 22.7 Å². The molecule has 2 unspecified atom stereocenters. The number of carbonyl (C=O) groups excluding carboxylic acids is 1. The number of piperidine rings is 2. The molecule has 50 heavy (non-hydrogen) atoms. The second-order valence-electron chi connectivity index (χ2n) is 13.0. The van der Waals surface area contributed by atoms with E-state index in [1.807, 2.05) is 9.80 Å². The van der Waals surface area contributed by atoms with Crippen molar-refractivity contribution in [3.63, 3.8) is 0 Å². The number of nitrogen functional groups attached to an aromatic ring is 2. The fourth-order valence-electron chi connectivity index (χ4n) is 6.88. The van der Waals surface area contributed by atoms with Crippen molar-refractivity contribution in [2.45, 2.75) is 88.9 Å². The van der Waals surface area contributed by atoms with Crippen molar-refractivity contribution < 1.29 is 31.1 Å². The van der Waals surface area contributed by atoms with Crippen molar-refractivity contribution in [3.05, 3.63) is 55.7 Å². The highest BCUT2D eigenvalue weighted by Crippen LogP contribution is 2.35. The molecule has 4 aromatic rings. The second-order valence-corrected chi connectivity index (χ2v) is 14.8. The number of halogens is 6. The van der Waals surface area contributed by atoms with Gasteiger partial charge < -0.3 is 11.5 Å². The number of ketones is 1. The lowest BCUT2D eigenvalue weighted by Gasteiger charge is -2.41. The molecule has 11 nitrogen and oxygen atoms in total. The number of rotatable bonds is 10. The van der Waals surface area contributed by atoms with Gasteiger partial charge >= 0.3 is 12.4 Å². The molecule has 0 bridgehead atoms. The molecule has 0 amide bonds. The van der Waals surface area contributed by atoms with Gasteiger partial charge in [0.25, 0.3) is 0 Å². The molecule has 2 aliphatic rings. The molecule has 0 aromatic carbocycles. The molecule has 0 spiro atoms. The minimum Gasteiger partial charge on any atom is -0.383 e. The van der Waals surface area contributed by atoms with E-state index < -0.39 is 35.8 Å². The number of nitrogens with zero attached hydrogens (tertiary/aromatic N) is 8. The van der Waals surface area contributed by atoms with Gasteiger partial charge in [-0.25, -0.2) is 9.97 Å². The standard InChI is InChI=1S/C31H38F6N10OS2/c1-17-11-23(30(32,33)34)42-46(17)13-21(44-7-3-19(4-8-44)28-40-25(38)15-49-28)27(48)22(14-47-18(2)12-24(43-47)31(35,36)37)45-9-5-20(6-10-45)29-41-26(39)16-50-29/h11-12,15-16,19-22H,3-10,13-14,38-39H2,1-2H3. The third-order valence-electron chi connectivity index (χ3n) is 9.61. The van der Waals surface area contributed by atoms with Crippen LogP contribution < -0.4 is 11.5 Å². The maximum atomic E-state index is 14.9. The normalized spacial score (nSPS) is 18.9. The van der Waals surface area contributed by atoms with Crippen LogP contribution in [0.1, 0.15) is 70.3 Å². The number of hydrogen-bond donors (Lipinski definition) is 2. The Bertz CT molecular complexity index is 1650. The van der Waals surface area contributed by atoms with Gasteiger partial charge in [0.2, 0.25) is 0 Å². The van der Waals surface area contributed by atoms with E-state index in [0.717, 1.165) is 22.1 Å². The van der Waals surface area contributed by atoms with Gasteiger partial charge in [-0.05, 0) is 77.8 Å². The summed E-state index contributed by atoms with van der Waals surface area (Å²) in [4.78, 5) is 27.7. The van der Waals surface area contributed by atoms with Crippen LogP contribution in [0.15, 0.2) is 22.9 Å². The largest absolute Gasteiger partial charge is 0.435 e. The van der Waals surface area contributed by atoms with Crippen LogP contribution in [-0.4, -0.2) is 83.4 Å². The average Bonchev–Trinajstić information content (AvgIpc) is 3.86. The lowest BCUT2D eigenvalue weighted by atomic mass is 9.92. The van der Waals surface area contributed by atoms with E-state index in [2.05, 4.69) is 20.2 Å². The molecule has 4 N–H and O–H groups in total. The SMILES string of the molecule is Cc1cc(C(F)(F)F)nn1CC(C(=O)C(Cn1nc(C(F)(F)F)cc1C)N1CCC(c2nc(N)cs2)CC1)N1CCC(c2nc(N)cs2)CC1. The fourth-order valence-corrected chi connectivity index (χ4v) is 8.64. The number of nitrogens with two attached hydrogens (primary N) is 2. The summed E-state index contributed by atoms with van der Waals surface area (Å²) in [7, 11) is 0. The number of carbonyl (C=O) groups is 1. The first-order valence-electron chi connectivity index (χ1n) is 16.2. The van der Waals surface area contributed by atoms with Gasteiger partial charge in [-0.15, -0.1) is 22.7 Å². The Hall–Kier alpha value is -3.55. The van der Waals surface area contributed by atoms with Crippen molar-refractivity contribution in [2.75, 3.05) is 37.6 Å². The molecule has 2 fully saturated rings. The minimum atomic E-state index is -4.67. The molecule has 2 aliphatic heterocycles. The van der Waals surface area contributed by atoms with Gasteiger partial charge in [0, 0.05) is 34.0 Å². The van der Waals surface area contributed by atoms with Crippen LogP contribution in [0.2, 0.25) is 0 Å². The summed E-state index contributed by atoms with van der Waals surface area (Å²) in [5, 5.41) is 13.0. The predicted octanol–water partition coefficient (Wildman–Crippen LogP) is 5.58. The molecule has 0 radical (unpaired) electrons. The highest BCUT2D eigenvalue weighted by molar-refractivity contribution is 7.10. The molecule has 2 atom stereocenters. The molecule has 272 valence electrons. The Morgan fingerprint density at radius 1 is 0.740 bits per heavy atom. The Balaban J connectivity index is 1.31. The topological polar surface area (TPSA) is 137 Å². The van der Waals surface area contributed by atoms with Crippen molar-refractivity contribution in [1.29, 1.82) is 0 Å². The first-order chi connectivity index (χ1) is 23.6. The Kier molecular flexibility index (Phi) is 10.3. The summed E-state index contributed by atoms with van der Waals surface area (Å²) in [5.74, 6) is 0.765. The molecule has 0 aliphatic carbocycles. The quantitative estimate of drug-likeness (QED) is 0.200. The van der Waals surface area contributed by atoms with Gasteiger partial charge in [0.05, 0.1) is 35.2 Å². The number of thiazole rings is 2. The first-order valence-corrected chi connectivity index (χ1v) is 18.0. The molecule has 19 heteroatoms. The number of hydrogen-bond acceptors (Lipinski definition) is 11. The molecule has 6 heterocycles. The Labute approximate surface area is 292 Å². The zero-order chi connectivity index (χ0) is 36.0. The van der Waals surface area contributed by atoms with E-state index in [9.17, 15) is 31.1 Å². The number of aryl methyl sites for hydroxylation is 2. The Morgan fingerprint density at radius 3 is 1.38 bits per heavy atom. The number of alkyl halides is 6. The smallest absolute Gasteiger partial charge is 0.383 e. The molecule has 0 saturated carbocycles. The van der Waals surface area contributed by atoms with Gasteiger partial charge in [-0.3, -0.25) is 24.0 Å². The van der Waals surface area contributed by atoms with E-state index in [4.69, 9.17) is 11.5 Å². The summed E-state index contributed by atoms with van der Waals surface area (Å²) in [6.07, 6.45) is -6.78. The van der Waals surface area contributed by atoms with Gasteiger partial charge in [-0.2, -0.15) is 36.5 Å². The maximum Gasteiger partial charge on any atom is 0.435 e. The zero-order valence-corrected chi connectivity index (χ0v) is 29.0. The van der Waals surface area contributed by atoms with E-state index >= 15 is 0 Å². The average molecular weight is 745 g/mol. The molecule has 2 saturated heterocycles. The summed E-state index contributed by atoms with van der Waals surface area (Å²) < 4.78 is 84.3. The predicted molar refractivity (Wildman–Crippen MR) is 177 cm³/mol. The Morgan fingerprint density at radius 2 is 1.10 bits per heavy atom. The maximum absolute atomic E-state index is 14.9. The summed E-state index contributed by atoms with van der Waals surface area (Å²) in [6.45, 7) is 4.49. The van der Waals surface area contributed by atoms with E-state index in [1.165, 1.54) is 45.9 Å².